The molecule has 1 atom stereocenters. The molecule has 5 nitrogen and oxygen atoms in total. The van der Waals surface area contributed by atoms with Crippen LogP contribution >= 0.6 is 0 Å². The molecule has 5 heteroatoms. The maximum Gasteiger partial charge on any atom is 0.262 e. The van der Waals surface area contributed by atoms with Gasteiger partial charge < -0.3 is 0 Å². The van der Waals surface area contributed by atoms with E-state index in [0.717, 1.165) is 28.5 Å². The number of hydrazone groups is 1. The van der Waals surface area contributed by atoms with E-state index in [0.29, 0.717) is 0 Å². The van der Waals surface area contributed by atoms with E-state index in [1.807, 2.05) is 85.3 Å². The molecule has 0 spiro atoms. The highest BCUT2D eigenvalue weighted by Gasteiger charge is 2.38. The second kappa shape index (κ2) is 6.02. The van der Waals surface area contributed by atoms with Crippen LogP contribution in [0.2, 0.25) is 0 Å². The second-order valence-electron chi connectivity index (χ2n) is 6.12. The third-order valence-electron chi connectivity index (χ3n) is 4.29. The number of carbonyl (C=O) groups excluding carboxylic acids is 1. The zero-order chi connectivity index (χ0) is 17.4. The summed E-state index contributed by atoms with van der Waals surface area (Å²) < 4.78 is 1.84. The Bertz CT molecular complexity index is 944. The summed E-state index contributed by atoms with van der Waals surface area (Å²) in [5.74, 6) is -0.484. The van der Waals surface area contributed by atoms with Gasteiger partial charge in [-0.3, -0.25) is 4.79 Å². The Morgan fingerprint density at radius 3 is 2.12 bits per heavy atom. The quantitative estimate of drug-likeness (QED) is 0.735. The molecule has 0 saturated heterocycles. The van der Waals surface area contributed by atoms with Crippen molar-refractivity contribution < 1.29 is 4.79 Å². The van der Waals surface area contributed by atoms with E-state index in [2.05, 4.69) is 10.2 Å². The molecule has 0 bridgehead atoms. The summed E-state index contributed by atoms with van der Waals surface area (Å²) >= 11 is 0. The van der Waals surface area contributed by atoms with Gasteiger partial charge in [0.05, 0.1) is 28.5 Å². The first-order valence-electron chi connectivity index (χ1n) is 8.21. The van der Waals surface area contributed by atoms with E-state index >= 15 is 0 Å². The molecule has 1 amide bonds. The molecule has 1 unspecified atom stereocenters. The lowest BCUT2D eigenvalue weighted by molar-refractivity contribution is -0.118. The van der Waals surface area contributed by atoms with Crippen molar-refractivity contribution in [3.05, 3.63) is 78.1 Å². The summed E-state index contributed by atoms with van der Waals surface area (Å²) in [4.78, 5) is 13.1. The lowest BCUT2D eigenvalue weighted by Gasteiger charge is -2.15. The van der Waals surface area contributed by atoms with E-state index < -0.39 is 5.92 Å². The van der Waals surface area contributed by atoms with Gasteiger partial charge >= 0.3 is 0 Å². The van der Waals surface area contributed by atoms with Crippen molar-refractivity contribution in [3.63, 3.8) is 0 Å². The fourth-order valence-corrected chi connectivity index (χ4v) is 3.16. The Labute approximate surface area is 146 Å². The van der Waals surface area contributed by atoms with Crippen LogP contribution in [0.4, 0.5) is 5.69 Å². The van der Waals surface area contributed by atoms with E-state index in [9.17, 15) is 4.79 Å². The minimum absolute atomic E-state index is 0.0548. The van der Waals surface area contributed by atoms with Crippen molar-refractivity contribution >= 4 is 17.3 Å². The maximum absolute atomic E-state index is 13.1. The van der Waals surface area contributed by atoms with Gasteiger partial charge in [0.15, 0.2) is 0 Å². The van der Waals surface area contributed by atoms with Gasteiger partial charge in [-0.25, -0.2) is 4.68 Å². The average Bonchev–Trinajstić information content (AvgIpc) is 3.15. The molecule has 0 aliphatic carbocycles. The summed E-state index contributed by atoms with van der Waals surface area (Å²) in [5, 5.41) is 10.6. The summed E-state index contributed by atoms with van der Waals surface area (Å²) in [6, 6.07) is 21.3. The summed E-state index contributed by atoms with van der Waals surface area (Å²) in [5.41, 5.74) is 4.19. The molecule has 2 aromatic carbocycles. The highest BCUT2D eigenvalue weighted by atomic mass is 16.2. The van der Waals surface area contributed by atoms with Crippen LogP contribution in [-0.4, -0.2) is 21.4 Å². The Hall–Kier alpha value is -3.21. The van der Waals surface area contributed by atoms with Gasteiger partial charge in [0.1, 0.15) is 5.92 Å². The highest BCUT2D eigenvalue weighted by molar-refractivity contribution is 6.18. The molecule has 0 radical (unpaired) electrons. The van der Waals surface area contributed by atoms with E-state index in [1.54, 1.807) is 0 Å². The highest BCUT2D eigenvalue weighted by Crippen LogP contribution is 2.31. The lowest BCUT2D eigenvalue weighted by atomic mass is 9.99. The molecular formula is C20H18N4O. The summed E-state index contributed by atoms with van der Waals surface area (Å²) in [6.07, 6.45) is 0. The molecule has 3 aromatic rings. The summed E-state index contributed by atoms with van der Waals surface area (Å²) in [6.45, 7) is 3.83. The van der Waals surface area contributed by atoms with E-state index in [-0.39, 0.29) is 5.91 Å². The number of hydrogen-bond acceptors (Lipinski definition) is 3. The van der Waals surface area contributed by atoms with Crippen LogP contribution in [0.15, 0.2) is 71.8 Å². The normalized spacial score (nSPS) is 17.0. The van der Waals surface area contributed by atoms with Crippen LogP contribution in [0.5, 0.6) is 0 Å². The minimum atomic E-state index is -0.429. The van der Waals surface area contributed by atoms with Gasteiger partial charge in [0.2, 0.25) is 0 Å². The first-order chi connectivity index (χ1) is 12.1. The molecule has 1 aromatic heterocycles. The van der Waals surface area contributed by atoms with Gasteiger partial charge in [-0.2, -0.15) is 15.2 Å². The standard InChI is InChI=1S/C20H18N4O/c1-14-13-18(23(21-14)16-9-5-3-6-10-16)19-15(2)22-24(20(19)25)17-11-7-4-8-12-17/h3-13,19H,1-2H3. The van der Waals surface area contributed by atoms with Gasteiger partial charge in [0, 0.05) is 0 Å². The number of rotatable bonds is 3. The topological polar surface area (TPSA) is 50.5 Å². The Morgan fingerprint density at radius 2 is 1.48 bits per heavy atom. The molecule has 0 N–H and O–H groups in total. The average molecular weight is 330 g/mol. The molecule has 1 aliphatic rings. The number of nitrogens with zero attached hydrogens (tertiary/aromatic N) is 4. The van der Waals surface area contributed by atoms with Crippen molar-refractivity contribution in [2.45, 2.75) is 19.8 Å². The fourth-order valence-electron chi connectivity index (χ4n) is 3.16. The van der Waals surface area contributed by atoms with Gasteiger partial charge in [-0.1, -0.05) is 36.4 Å². The van der Waals surface area contributed by atoms with Crippen LogP contribution in [-0.2, 0) is 4.79 Å². The number of aromatic nitrogens is 2. The number of aryl methyl sites for hydroxylation is 1. The Kier molecular flexibility index (Phi) is 3.69. The third-order valence-corrected chi connectivity index (χ3v) is 4.29. The summed E-state index contributed by atoms with van der Waals surface area (Å²) in [7, 11) is 0. The number of para-hydroxylation sites is 2. The molecule has 0 saturated carbocycles. The number of hydrogen-bond donors (Lipinski definition) is 0. The zero-order valence-electron chi connectivity index (χ0n) is 14.1. The molecule has 4 rings (SSSR count). The Balaban J connectivity index is 1.77. The van der Waals surface area contributed by atoms with Gasteiger partial charge in [0.25, 0.3) is 5.91 Å². The zero-order valence-corrected chi connectivity index (χ0v) is 14.1. The van der Waals surface area contributed by atoms with Crippen molar-refractivity contribution in [1.29, 1.82) is 0 Å². The van der Waals surface area contributed by atoms with Crippen molar-refractivity contribution in [3.8, 4) is 5.69 Å². The van der Waals surface area contributed by atoms with E-state index in [1.165, 1.54) is 5.01 Å². The monoisotopic (exact) mass is 330 g/mol. The first-order valence-corrected chi connectivity index (χ1v) is 8.21. The van der Waals surface area contributed by atoms with Crippen molar-refractivity contribution in [1.82, 2.24) is 9.78 Å². The first kappa shape index (κ1) is 15.3. The number of anilines is 1. The Morgan fingerprint density at radius 1 is 0.880 bits per heavy atom. The second-order valence-corrected chi connectivity index (χ2v) is 6.12. The number of benzene rings is 2. The third kappa shape index (κ3) is 2.63. The van der Waals surface area contributed by atoms with Crippen LogP contribution in [0.3, 0.4) is 0 Å². The molecule has 1 aliphatic heterocycles. The SMILES string of the molecule is CC1=NN(c2ccccc2)C(=O)C1c1cc(C)nn1-c1ccccc1. The smallest absolute Gasteiger partial charge is 0.262 e. The van der Waals surface area contributed by atoms with Gasteiger partial charge in [-0.05, 0) is 44.2 Å². The maximum atomic E-state index is 13.1. The molecule has 0 fully saturated rings. The molecule has 124 valence electrons. The predicted molar refractivity (Wildman–Crippen MR) is 98.1 cm³/mol. The van der Waals surface area contributed by atoms with Crippen molar-refractivity contribution in [2.75, 3.05) is 5.01 Å². The molecule has 25 heavy (non-hydrogen) atoms. The number of amides is 1. The number of carbonyl (C=O) groups is 1. The van der Waals surface area contributed by atoms with Crippen LogP contribution in [0.1, 0.15) is 24.2 Å². The predicted octanol–water partition coefficient (Wildman–Crippen LogP) is 3.69. The largest absolute Gasteiger partial charge is 0.271 e. The van der Waals surface area contributed by atoms with Crippen molar-refractivity contribution in [2.24, 2.45) is 5.10 Å². The minimum Gasteiger partial charge on any atom is -0.271 e. The lowest BCUT2D eigenvalue weighted by Crippen LogP contribution is -2.27. The van der Waals surface area contributed by atoms with Gasteiger partial charge in [-0.15, -0.1) is 0 Å². The molecule has 2 heterocycles. The fraction of sp³-hybridized carbons (Fsp3) is 0.150. The van der Waals surface area contributed by atoms with Crippen LogP contribution in [0, 0.1) is 6.92 Å². The molecular weight excluding hydrogens is 312 g/mol. The van der Waals surface area contributed by atoms with Crippen LogP contribution < -0.4 is 5.01 Å². The van der Waals surface area contributed by atoms with Crippen LogP contribution in [0.25, 0.3) is 5.69 Å². The van der Waals surface area contributed by atoms with E-state index in [4.69, 9.17) is 0 Å².